The third kappa shape index (κ3) is 18.8. The number of carboxylic acid groups (broad SMARTS) is 5. The Bertz CT molecular complexity index is 5220. The SMILES string of the molecule is CC(C(=O)O)c1ccc2cc(CO)ccc2c1.CC(C(=O)O)c1cccc(C(=O)c2ccccc2)c1.CC1=C(CC(=O)O)c2cc(F)ccc2/C1=C\c1ccc(S(C)=O)cc1.CCc1cccc2c3c([nH]c12)C(CC)(CC(=O)O)OCC3.O=C(O)Cc1cn(C(=O)c2ccc(Cl)cc2)c2ccc(CO)cc12. The van der Waals surface area contributed by atoms with Gasteiger partial charge in [0.05, 0.1) is 62.1 Å². The number of H-pyrrole nitrogens is 1. The Labute approximate surface area is 618 Å². The summed E-state index contributed by atoms with van der Waals surface area (Å²) in [5, 5.41) is 68.2. The number of aromatic nitrogens is 2. The van der Waals surface area contributed by atoms with Crippen molar-refractivity contribution in [2.45, 2.75) is 109 Å². The molecule has 1 aliphatic carbocycles. The summed E-state index contributed by atoms with van der Waals surface area (Å²) < 4.78 is 32.5. The number of aliphatic hydroxyl groups is 2. The Morgan fingerprint density at radius 1 is 0.632 bits per heavy atom. The molecule has 18 nitrogen and oxygen atoms in total. The lowest BCUT2D eigenvalue weighted by Gasteiger charge is -2.35. The van der Waals surface area contributed by atoms with Gasteiger partial charge in [-0.15, -0.1) is 0 Å². The molecule has 21 heteroatoms. The van der Waals surface area contributed by atoms with Crippen molar-refractivity contribution in [2.75, 3.05) is 12.9 Å². The first kappa shape index (κ1) is 78.9. The monoisotopic (exact) mass is 1470 g/mol. The van der Waals surface area contributed by atoms with Crippen LogP contribution < -0.4 is 0 Å². The molecule has 2 aromatic heterocycles. The van der Waals surface area contributed by atoms with Gasteiger partial charge in [0.25, 0.3) is 5.91 Å². The highest BCUT2D eigenvalue weighted by molar-refractivity contribution is 7.84. The number of fused-ring (bicyclic) bond motifs is 6. The Kier molecular flexibility index (Phi) is 26.4. The molecular weight excluding hydrogens is 1390 g/mol. The van der Waals surface area contributed by atoms with Crippen LogP contribution in [0.3, 0.4) is 0 Å². The van der Waals surface area contributed by atoms with Crippen molar-refractivity contribution < 1.29 is 82.6 Å². The van der Waals surface area contributed by atoms with Crippen LogP contribution in [0.1, 0.15) is 153 Å². The quantitative estimate of drug-likeness (QED) is 0.0349. The van der Waals surface area contributed by atoms with Gasteiger partial charge in [0, 0.05) is 66.1 Å². The van der Waals surface area contributed by atoms with Crippen molar-refractivity contribution in [1.82, 2.24) is 9.55 Å². The number of aliphatic carboxylic acids is 5. The lowest BCUT2D eigenvalue weighted by molar-refractivity contribution is -0.149. The molecule has 9 aromatic carbocycles. The molecule has 546 valence electrons. The van der Waals surface area contributed by atoms with Gasteiger partial charge in [0.1, 0.15) is 11.4 Å². The first-order chi connectivity index (χ1) is 50.7. The van der Waals surface area contributed by atoms with Gasteiger partial charge in [-0.1, -0.05) is 147 Å². The Hall–Kier alpha value is -11.3. The van der Waals surface area contributed by atoms with Gasteiger partial charge < -0.3 is 45.5 Å². The number of aromatic amines is 1. The second kappa shape index (κ2) is 35.5. The number of hydrogen-bond donors (Lipinski definition) is 8. The summed E-state index contributed by atoms with van der Waals surface area (Å²) in [7, 11) is -1.04. The first-order valence-electron chi connectivity index (χ1n) is 34.1. The fourth-order valence-corrected chi connectivity index (χ4v) is 13.5. The van der Waals surface area contributed by atoms with Crippen molar-refractivity contribution in [3.63, 3.8) is 0 Å². The minimum Gasteiger partial charge on any atom is -0.481 e. The van der Waals surface area contributed by atoms with Crippen molar-refractivity contribution in [1.29, 1.82) is 0 Å². The number of benzene rings is 9. The third-order valence-corrected chi connectivity index (χ3v) is 19.9. The number of ether oxygens (including phenoxy) is 1. The van der Waals surface area contributed by atoms with Crippen LogP contribution >= 0.6 is 11.6 Å². The minimum absolute atomic E-state index is 0.00474. The standard InChI is InChI=1S/C20H17FO3S.C18H14ClNO4.C17H21NO3.C16H14O3.C14H14O3/c1-12-17(9-13-3-6-15(7-4-13)25(2)24)16-8-5-14(21)10-19(16)18(12)11-20(22)23;19-14-4-2-12(3-5-14)18(24)20-9-13(8-17(22)23)15-7-11(10-21)1-6-16(15)20;1-3-11-6-5-7-12-13-8-9-21-17(4-2,10-14(19)20)16(13)18-15(11)12;1-11(16(18)19)13-8-5-9-14(10-13)15(17)12-6-3-2-4-7-12;1-9(14(16)17)11-4-5-12-6-10(8-15)2-3-13(12)7-11/h3-10H,11H2,1-2H3,(H,22,23);1-7,9,21H,8,10H2,(H,22,23);5-7,18H,3-4,8-10H2,1-2H3,(H,19,20);2-11H,1H3,(H,18,19);2-7,9,15H,8H2,1H3,(H,16,17)/b17-9-;;;;. The molecule has 0 saturated carbocycles. The maximum Gasteiger partial charge on any atom is 0.310 e. The molecule has 0 saturated heterocycles. The van der Waals surface area contributed by atoms with Gasteiger partial charge in [-0.05, 0) is 202 Å². The van der Waals surface area contributed by atoms with E-state index in [4.69, 9.17) is 41.9 Å². The lowest BCUT2D eigenvalue weighted by atomic mass is 9.86. The maximum atomic E-state index is 13.7. The number of halogens is 2. The number of carbonyl (C=O) groups excluding carboxylic acids is 2. The highest BCUT2D eigenvalue weighted by atomic mass is 35.5. The number of aliphatic hydroxyl groups excluding tert-OH is 2. The van der Waals surface area contributed by atoms with Crippen LogP contribution in [0.5, 0.6) is 0 Å². The van der Waals surface area contributed by atoms with Crippen molar-refractivity contribution in [3.05, 3.63) is 295 Å². The summed E-state index contributed by atoms with van der Waals surface area (Å²) in [5.74, 6) is -6.35. The predicted molar refractivity (Wildman–Crippen MR) is 408 cm³/mol. The van der Waals surface area contributed by atoms with E-state index in [9.17, 15) is 52.4 Å². The van der Waals surface area contributed by atoms with Gasteiger partial charge in [-0.25, -0.2) is 4.39 Å². The van der Waals surface area contributed by atoms with Crippen LogP contribution in [0.25, 0.3) is 49.8 Å². The van der Waals surface area contributed by atoms with Crippen LogP contribution in [0.2, 0.25) is 5.02 Å². The van der Waals surface area contributed by atoms with E-state index in [0.29, 0.717) is 73.5 Å². The third-order valence-electron chi connectivity index (χ3n) is 18.7. The zero-order valence-corrected chi connectivity index (χ0v) is 60.6. The zero-order valence-electron chi connectivity index (χ0n) is 59.1. The van der Waals surface area contributed by atoms with E-state index in [2.05, 4.69) is 30.1 Å². The number of rotatable bonds is 19. The molecule has 0 spiro atoms. The topological polar surface area (TPSA) is 308 Å². The molecule has 8 N–H and O–H groups in total. The largest absolute Gasteiger partial charge is 0.481 e. The Balaban J connectivity index is 0.000000154. The number of nitrogens with one attached hydrogen (secondary N) is 1. The molecule has 0 fully saturated rings. The number of ketones is 1. The van der Waals surface area contributed by atoms with E-state index >= 15 is 0 Å². The number of hydrogen-bond acceptors (Lipinski definition) is 11. The molecule has 13 rings (SSSR count). The average Bonchev–Trinajstić information content (AvgIpc) is 1.59. The van der Waals surface area contributed by atoms with E-state index in [0.717, 1.165) is 73.1 Å². The number of para-hydroxylation sites is 1. The number of carbonyl (C=O) groups is 7. The number of aryl methyl sites for hydroxylation is 1. The van der Waals surface area contributed by atoms with Crippen molar-refractivity contribution >= 4 is 114 Å². The van der Waals surface area contributed by atoms with Gasteiger partial charge in [-0.2, -0.15) is 0 Å². The molecule has 0 radical (unpaired) electrons. The normalized spacial score (nSPS) is 14.7. The van der Waals surface area contributed by atoms with Crippen molar-refractivity contribution in [3.8, 4) is 0 Å². The van der Waals surface area contributed by atoms with Crippen LogP contribution in [-0.2, 0) is 77.6 Å². The smallest absolute Gasteiger partial charge is 0.310 e. The van der Waals surface area contributed by atoms with Gasteiger partial charge in [0.2, 0.25) is 0 Å². The van der Waals surface area contributed by atoms with E-state index in [-0.39, 0.29) is 50.0 Å². The summed E-state index contributed by atoms with van der Waals surface area (Å²) in [6, 6.07) is 56.7. The highest BCUT2D eigenvalue weighted by Gasteiger charge is 2.41. The highest BCUT2D eigenvalue weighted by Crippen LogP contribution is 2.45. The molecule has 4 unspecified atom stereocenters. The maximum absolute atomic E-state index is 13.7. The summed E-state index contributed by atoms with van der Waals surface area (Å²) >= 11 is 5.85. The summed E-state index contributed by atoms with van der Waals surface area (Å²) in [6.07, 6.45) is 7.21. The van der Waals surface area contributed by atoms with Gasteiger partial charge in [0.15, 0.2) is 5.78 Å². The Morgan fingerprint density at radius 2 is 1.25 bits per heavy atom. The summed E-state index contributed by atoms with van der Waals surface area (Å²) in [5.41, 5.74) is 14.3. The number of allylic oxidation sites excluding steroid dienone is 2. The molecule has 4 atom stereocenters. The van der Waals surface area contributed by atoms with E-state index in [1.165, 1.54) is 39.4 Å². The molecule has 2 aliphatic rings. The van der Waals surface area contributed by atoms with E-state index < -0.39 is 58.1 Å². The van der Waals surface area contributed by atoms with Gasteiger partial charge >= 0.3 is 29.8 Å². The molecule has 106 heavy (non-hydrogen) atoms. The average molecular weight is 1470 g/mol. The second-order valence-electron chi connectivity index (χ2n) is 25.6. The molecule has 1 aliphatic heterocycles. The second-order valence-corrected chi connectivity index (χ2v) is 27.4. The molecule has 3 heterocycles. The molecule has 0 amide bonds. The molecule has 0 bridgehead atoms. The predicted octanol–water partition coefficient (Wildman–Crippen LogP) is 16.5. The molecule has 11 aromatic rings. The number of carboxylic acids is 5. The minimum atomic E-state index is -1.04. The van der Waals surface area contributed by atoms with Crippen LogP contribution in [0.15, 0.2) is 211 Å². The van der Waals surface area contributed by atoms with Crippen LogP contribution in [-0.4, -0.2) is 104 Å². The summed E-state index contributed by atoms with van der Waals surface area (Å²) in [4.78, 5) is 84.7. The fraction of sp³-hybridized carbons (Fsp3) is 0.212. The van der Waals surface area contributed by atoms with Crippen LogP contribution in [0.4, 0.5) is 4.39 Å². The first-order valence-corrected chi connectivity index (χ1v) is 36.0. The fourth-order valence-electron chi connectivity index (χ4n) is 12.9. The Morgan fingerprint density at radius 3 is 1.88 bits per heavy atom. The zero-order chi connectivity index (χ0) is 76.7. The van der Waals surface area contributed by atoms with Gasteiger partial charge in [-0.3, -0.25) is 42.3 Å². The number of nitrogens with zero attached hydrogens (tertiary/aromatic N) is 1. The van der Waals surface area contributed by atoms with E-state index in [1.54, 1.807) is 129 Å². The summed E-state index contributed by atoms with van der Waals surface area (Å²) in [6.45, 7) is 9.70. The van der Waals surface area contributed by atoms with E-state index in [1.807, 2.05) is 74.5 Å². The molecular formula is C85H80ClFN2O16S. The van der Waals surface area contributed by atoms with Crippen LogP contribution in [0, 0.1) is 5.82 Å². The van der Waals surface area contributed by atoms with Crippen molar-refractivity contribution in [2.24, 2.45) is 0 Å². The lowest BCUT2D eigenvalue weighted by Crippen LogP contribution is -2.37.